The zero-order valence-corrected chi connectivity index (χ0v) is 12.3. The van der Waals surface area contributed by atoms with Crippen molar-refractivity contribution in [3.05, 3.63) is 0 Å². The molecule has 1 aliphatic carbocycles. The fourth-order valence-corrected chi connectivity index (χ4v) is 3.73. The van der Waals surface area contributed by atoms with Gasteiger partial charge in [-0.25, -0.2) is 0 Å². The van der Waals surface area contributed by atoms with Gasteiger partial charge in [0, 0.05) is 25.2 Å². The lowest BCUT2D eigenvalue weighted by Gasteiger charge is -2.33. The van der Waals surface area contributed by atoms with Crippen LogP contribution in [0.1, 0.15) is 45.4 Å². The van der Waals surface area contributed by atoms with Crippen LogP contribution in [-0.2, 0) is 0 Å². The van der Waals surface area contributed by atoms with Crippen molar-refractivity contribution in [1.82, 2.24) is 9.80 Å². The highest BCUT2D eigenvalue weighted by Crippen LogP contribution is 2.27. The predicted octanol–water partition coefficient (Wildman–Crippen LogP) is 1.92. The predicted molar refractivity (Wildman–Crippen MR) is 77.7 cm³/mol. The molecule has 0 bridgehead atoms. The lowest BCUT2D eigenvalue weighted by molar-refractivity contribution is 0.160. The maximum absolute atomic E-state index is 6.46. The second-order valence-electron chi connectivity index (χ2n) is 6.38. The van der Waals surface area contributed by atoms with Crippen LogP contribution in [0.4, 0.5) is 0 Å². The van der Waals surface area contributed by atoms with Crippen LogP contribution >= 0.6 is 0 Å². The van der Waals surface area contributed by atoms with E-state index in [1.807, 2.05) is 0 Å². The lowest BCUT2D eigenvalue weighted by Crippen LogP contribution is -2.47. The first-order valence-corrected chi connectivity index (χ1v) is 7.89. The molecule has 1 heterocycles. The van der Waals surface area contributed by atoms with Gasteiger partial charge < -0.3 is 10.6 Å². The highest BCUT2D eigenvalue weighted by atomic mass is 15.2. The standard InChI is InChI=1S/C15H31N3/c1-3-14-11-17(2)9-6-10-18(14)12-15(16)13-7-4-5-8-13/h13-15H,3-12,16H2,1-2H3. The maximum atomic E-state index is 6.46. The Morgan fingerprint density at radius 2 is 1.89 bits per heavy atom. The van der Waals surface area contributed by atoms with E-state index in [1.165, 1.54) is 58.2 Å². The second-order valence-corrected chi connectivity index (χ2v) is 6.38. The van der Waals surface area contributed by atoms with Gasteiger partial charge in [0.15, 0.2) is 0 Å². The first-order valence-electron chi connectivity index (χ1n) is 7.89. The average molecular weight is 253 g/mol. The molecule has 3 nitrogen and oxygen atoms in total. The molecule has 0 radical (unpaired) electrons. The molecule has 18 heavy (non-hydrogen) atoms. The van der Waals surface area contributed by atoms with Gasteiger partial charge in [0.2, 0.25) is 0 Å². The summed E-state index contributed by atoms with van der Waals surface area (Å²) in [6.07, 6.45) is 8.08. The van der Waals surface area contributed by atoms with Crippen LogP contribution in [0, 0.1) is 5.92 Å². The Hall–Kier alpha value is -0.120. The SMILES string of the molecule is CCC1CN(C)CCCN1CC(N)C1CCCC1. The fourth-order valence-electron chi connectivity index (χ4n) is 3.73. The number of nitrogens with two attached hydrogens (primary N) is 1. The highest BCUT2D eigenvalue weighted by Gasteiger charge is 2.27. The van der Waals surface area contributed by atoms with Crippen LogP contribution in [0.5, 0.6) is 0 Å². The van der Waals surface area contributed by atoms with Gasteiger partial charge in [0.05, 0.1) is 0 Å². The first-order chi connectivity index (χ1) is 8.70. The van der Waals surface area contributed by atoms with Gasteiger partial charge in [-0.15, -0.1) is 0 Å². The molecular weight excluding hydrogens is 222 g/mol. The van der Waals surface area contributed by atoms with Crippen molar-refractivity contribution < 1.29 is 0 Å². The Labute approximate surface area is 113 Å². The molecule has 2 atom stereocenters. The van der Waals surface area contributed by atoms with E-state index in [-0.39, 0.29) is 0 Å². The van der Waals surface area contributed by atoms with Crippen molar-refractivity contribution in [3.63, 3.8) is 0 Å². The average Bonchev–Trinajstić information content (AvgIpc) is 2.83. The van der Waals surface area contributed by atoms with E-state index in [9.17, 15) is 0 Å². The van der Waals surface area contributed by atoms with Crippen molar-refractivity contribution >= 4 is 0 Å². The third kappa shape index (κ3) is 3.69. The zero-order chi connectivity index (χ0) is 13.0. The van der Waals surface area contributed by atoms with E-state index in [2.05, 4.69) is 23.8 Å². The fraction of sp³-hybridized carbons (Fsp3) is 1.00. The van der Waals surface area contributed by atoms with Gasteiger partial charge in [-0.3, -0.25) is 4.90 Å². The van der Waals surface area contributed by atoms with Gasteiger partial charge >= 0.3 is 0 Å². The summed E-state index contributed by atoms with van der Waals surface area (Å²) in [6.45, 7) is 7.14. The first kappa shape index (κ1) is 14.3. The van der Waals surface area contributed by atoms with Crippen molar-refractivity contribution in [2.45, 2.75) is 57.5 Å². The number of hydrogen-bond donors (Lipinski definition) is 1. The van der Waals surface area contributed by atoms with Gasteiger partial charge in [0.25, 0.3) is 0 Å². The molecule has 106 valence electrons. The molecule has 2 unspecified atom stereocenters. The van der Waals surface area contributed by atoms with E-state index >= 15 is 0 Å². The Balaban J connectivity index is 1.88. The van der Waals surface area contributed by atoms with Crippen molar-refractivity contribution in [1.29, 1.82) is 0 Å². The Bertz CT molecular complexity index is 238. The molecule has 2 fully saturated rings. The van der Waals surface area contributed by atoms with Gasteiger partial charge in [-0.2, -0.15) is 0 Å². The van der Waals surface area contributed by atoms with E-state index in [0.29, 0.717) is 12.1 Å². The molecule has 2 rings (SSSR count). The van der Waals surface area contributed by atoms with Crippen LogP contribution in [0.15, 0.2) is 0 Å². The van der Waals surface area contributed by atoms with E-state index < -0.39 is 0 Å². The molecule has 0 amide bonds. The van der Waals surface area contributed by atoms with Crippen molar-refractivity contribution in [2.24, 2.45) is 11.7 Å². The summed E-state index contributed by atoms with van der Waals surface area (Å²) in [5, 5.41) is 0. The summed E-state index contributed by atoms with van der Waals surface area (Å²) < 4.78 is 0. The molecule has 1 saturated carbocycles. The smallest absolute Gasteiger partial charge is 0.0221 e. The number of hydrogen-bond acceptors (Lipinski definition) is 3. The molecule has 1 saturated heterocycles. The van der Waals surface area contributed by atoms with Crippen LogP contribution in [0.2, 0.25) is 0 Å². The minimum atomic E-state index is 0.407. The van der Waals surface area contributed by atoms with Crippen LogP contribution < -0.4 is 5.73 Å². The van der Waals surface area contributed by atoms with Gasteiger partial charge in [-0.1, -0.05) is 19.8 Å². The highest BCUT2D eigenvalue weighted by molar-refractivity contribution is 4.85. The number of nitrogens with zero attached hydrogens (tertiary/aromatic N) is 2. The Morgan fingerprint density at radius 1 is 1.17 bits per heavy atom. The Morgan fingerprint density at radius 3 is 2.56 bits per heavy atom. The molecule has 3 heteroatoms. The quantitative estimate of drug-likeness (QED) is 0.831. The monoisotopic (exact) mass is 253 g/mol. The summed E-state index contributed by atoms with van der Waals surface area (Å²) in [7, 11) is 2.25. The summed E-state index contributed by atoms with van der Waals surface area (Å²) in [5.74, 6) is 0.795. The zero-order valence-electron chi connectivity index (χ0n) is 12.3. The Kier molecular flexibility index (Phi) is 5.46. The van der Waals surface area contributed by atoms with E-state index in [4.69, 9.17) is 5.73 Å². The number of rotatable bonds is 4. The van der Waals surface area contributed by atoms with Crippen molar-refractivity contribution in [3.8, 4) is 0 Å². The molecule has 2 N–H and O–H groups in total. The lowest BCUT2D eigenvalue weighted by atomic mass is 9.97. The summed E-state index contributed by atoms with van der Waals surface area (Å²) >= 11 is 0. The third-order valence-electron chi connectivity index (χ3n) is 4.95. The van der Waals surface area contributed by atoms with Crippen LogP contribution in [0.3, 0.4) is 0 Å². The van der Waals surface area contributed by atoms with Gasteiger partial charge in [0.1, 0.15) is 0 Å². The molecule has 2 aliphatic rings. The van der Waals surface area contributed by atoms with E-state index in [0.717, 1.165) is 12.5 Å². The normalized spacial score (nSPS) is 30.5. The minimum Gasteiger partial charge on any atom is -0.326 e. The largest absolute Gasteiger partial charge is 0.326 e. The molecule has 0 aromatic rings. The maximum Gasteiger partial charge on any atom is 0.0221 e. The third-order valence-corrected chi connectivity index (χ3v) is 4.95. The summed E-state index contributed by atoms with van der Waals surface area (Å²) in [6, 6.07) is 1.12. The van der Waals surface area contributed by atoms with Gasteiger partial charge in [-0.05, 0) is 51.7 Å². The second kappa shape index (κ2) is 6.88. The summed E-state index contributed by atoms with van der Waals surface area (Å²) in [4.78, 5) is 5.15. The van der Waals surface area contributed by atoms with Crippen LogP contribution in [-0.4, -0.2) is 55.1 Å². The molecule has 1 aliphatic heterocycles. The van der Waals surface area contributed by atoms with Crippen molar-refractivity contribution in [2.75, 3.05) is 33.2 Å². The number of likely N-dealkylation sites (N-methyl/N-ethyl adjacent to an activating group) is 1. The molecule has 0 aromatic heterocycles. The molecule has 0 spiro atoms. The topological polar surface area (TPSA) is 32.5 Å². The van der Waals surface area contributed by atoms with E-state index in [1.54, 1.807) is 0 Å². The molecule has 0 aromatic carbocycles. The minimum absolute atomic E-state index is 0.407. The molecular formula is C15H31N3. The van der Waals surface area contributed by atoms with Crippen LogP contribution in [0.25, 0.3) is 0 Å². The summed E-state index contributed by atoms with van der Waals surface area (Å²) in [5.41, 5.74) is 6.46.